The van der Waals surface area contributed by atoms with Gasteiger partial charge in [-0.3, -0.25) is 10.1 Å². The third kappa shape index (κ3) is 2.56. The zero-order valence-corrected chi connectivity index (χ0v) is 11.1. The Bertz CT molecular complexity index is 467. The van der Waals surface area contributed by atoms with E-state index in [1.165, 1.54) is 12.3 Å². The fourth-order valence-electron chi connectivity index (χ4n) is 2.42. The van der Waals surface area contributed by atoms with Crippen molar-refractivity contribution in [2.45, 2.75) is 32.7 Å². The van der Waals surface area contributed by atoms with E-state index in [0.717, 1.165) is 12.8 Å². The van der Waals surface area contributed by atoms with E-state index in [2.05, 4.69) is 24.1 Å². The number of nitrogens with one attached hydrogen (secondary N) is 1. The van der Waals surface area contributed by atoms with Crippen LogP contribution in [0.4, 0.5) is 11.5 Å². The molecule has 6 heteroatoms. The monoisotopic (exact) mass is 269 g/mol. The topological polar surface area (TPSA) is 68.1 Å². The molecule has 1 fully saturated rings. The summed E-state index contributed by atoms with van der Waals surface area (Å²) in [5.74, 6) is 1.44. The highest BCUT2D eigenvalue weighted by atomic mass is 35.5. The van der Waals surface area contributed by atoms with Gasteiger partial charge >= 0.3 is 5.69 Å². The van der Waals surface area contributed by atoms with E-state index < -0.39 is 4.92 Å². The molecular weight excluding hydrogens is 254 g/mol. The lowest BCUT2D eigenvalue weighted by molar-refractivity contribution is -0.384. The van der Waals surface area contributed by atoms with Gasteiger partial charge in [0.2, 0.25) is 5.82 Å². The molecule has 0 spiro atoms. The number of anilines is 1. The van der Waals surface area contributed by atoms with Crippen LogP contribution in [0.1, 0.15) is 26.7 Å². The summed E-state index contributed by atoms with van der Waals surface area (Å²) in [6.45, 7) is 4.37. The summed E-state index contributed by atoms with van der Waals surface area (Å²) in [4.78, 5) is 14.5. The first-order valence-corrected chi connectivity index (χ1v) is 6.43. The summed E-state index contributed by atoms with van der Waals surface area (Å²) in [7, 11) is 0. The van der Waals surface area contributed by atoms with Crippen LogP contribution >= 0.6 is 11.6 Å². The van der Waals surface area contributed by atoms with Crippen molar-refractivity contribution in [2.24, 2.45) is 11.8 Å². The molecule has 0 aromatic carbocycles. The van der Waals surface area contributed by atoms with Gasteiger partial charge in [0.05, 0.1) is 9.95 Å². The number of rotatable bonds is 3. The molecule has 1 aromatic heterocycles. The Kier molecular flexibility index (Phi) is 3.71. The minimum atomic E-state index is -0.454. The molecule has 0 radical (unpaired) electrons. The third-order valence-corrected chi connectivity index (χ3v) is 4.02. The number of nitrogens with zero attached hydrogens (tertiary/aromatic N) is 2. The molecule has 1 aromatic rings. The van der Waals surface area contributed by atoms with Gasteiger partial charge in [-0.25, -0.2) is 4.98 Å². The van der Waals surface area contributed by atoms with Crippen LogP contribution in [0.2, 0.25) is 5.02 Å². The lowest BCUT2D eigenvalue weighted by atomic mass is 9.98. The molecule has 1 aliphatic carbocycles. The van der Waals surface area contributed by atoms with Gasteiger partial charge in [0, 0.05) is 18.3 Å². The first-order valence-electron chi connectivity index (χ1n) is 6.05. The van der Waals surface area contributed by atoms with Crippen molar-refractivity contribution in [1.29, 1.82) is 0 Å². The van der Waals surface area contributed by atoms with E-state index in [1.54, 1.807) is 0 Å². The number of halogens is 1. The Morgan fingerprint density at radius 2 is 2.22 bits per heavy atom. The molecule has 0 aliphatic heterocycles. The fourth-order valence-corrected chi connectivity index (χ4v) is 2.58. The molecule has 18 heavy (non-hydrogen) atoms. The quantitative estimate of drug-likeness (QED) is 0.674. The van der Waals surface area contributed by atoms with Crippen molar-refractivity contribution in [3.05, 3.63) is 27.4 Å². The average Bonchev–Trinajstić information content (AvgIpc) is 2.63. The van der Waals surface area contributed by atoms with Crippen LogP contribution in [0, 0.1) is 22.0 Å². The van der Waals surface area contributed by atoms with Gasteiger partial charge in [-0.2, -0.15) is 0 Å². The van der Waals surface area contributed by atoms with Gasteiger partial charge in [-0.05, 0) is 24.7 Å². The molecule has 1 N–H and O–H groups in total. The lowest BCUT2D eigenvalue weighted by Crippen LogP contribution is -2.25. The maximum absolute atomic E-state index is 11.0. The predicted octanol–water partition coefficient (Wildman–Crippen LogP) is 3.49. The summed E-state index contributed by atoms with van der Waals surface area (Å²) < 4.78 is 0. The molecule has 3 unspecified atom stereocenters. The van der Waals surface area contributed by atoms with E-state index >= 15 is 0 Å². The molecule has 5 nitrogen and oxygen atoms in total. The maximum atomic E-state index is 11.0. The molecule has 3 atom stereocenters. The minimum Gasteiger partial charge on any atom is -0.361 e. The number of aromatic nitrogens is 1. The van der Waals surface area contributed by atoms with Crippen molar-refractivity contribution >= 4 is 23.1 Å². The van der Waals surface area contributed by atoms with Gasteiger partial charge in [0.15, 0.2) is 0 Å². The Balaban J connectivity index is 2.21. The largest absolute Gasteiger partial charge is 0.361 e. The Labute approximate surface area is 111 Å². The van der Waals surface area contributed by atoms with Crippen LogP contribution in [0.5, 0.6) is 0 Å². The van der Waals surface area contributed by atoms with Crippen LogP contribution in [-0.2, 0) is 0 Å². The Morgan fingerprint density at radius 3 is 2.78 bits per heavy atom. The second-order valence-electron chi connectivity index (χ2n) is 4.94. The smallest absolute Gasteiger partial charge is 0.312 e. The predicted molar refractivity (Wildman–Crippen MR) is 70.9 cm³/mol. The van der Waals surface area contributed by atoms with Crippen LogP contribution in [0.15, 0.2) is 12.3 Å². The lowest BCUT2D eigenvalue weighted by Gasteiger charge is -2.20. The highest BCUT2D eigenvalue weighted by Gasteiger charge is 2.31. The van der Waals surface area contributed by atoms with Gasteiger partial charge in [0.1, 0.15) is 0 Å². The number of pyridine rings is 1. The summed E-state index contributed by atoms with van der Waals surface area (Å²) in [5.41, 5.74) is -0.0609. The summed E-state index contributed by atoms with van der Waals surface area (Å²) in [6, 6.07) is 1.58. The van der Waals surface area contributed by atoms with Crippen LogP contribution in [0.3, 0.4) is 0 Å². The van der Waals surface area contributed by atoms with Gasteiger partial charge in [0.25, 0.3) is 0 Å². The summed E-state index contributed by atoms with van der Waals surface area (Å²) in [5, 5.41) is 14.4. The van der Waals surface area contributed by atoms with E-state index in [-0.39, 0.29) is 16.8 Å². The zero-order chi connectivity index (χ0) is 13.3. The van der Waals surface area contributed by atoms with E-state index in [0.29, 0.717) is 17.7 Å². The first-order chi connectivity index (χ1) is 8.49. The van der Waals surface area contributed by atoms with E-state index in [1.807, 2.05) is 0 Å². The maximum Gasteiger partial charge on any atom is 0.312 e. The van der Waals surface area contributed by atoms with Crippen molar-refractivity contribution in [1.82, 2.24) is 4.98 Å². The molecule has 0 amide bonds. The standard InChI is InChI=1S/C12H16ClN3O2/c1-7-3-4-10(8(7)2)15-12-11(16(17)18)5-9(13)6-14-12/h5-8,10H,3-4H2,1-2H3,(H,14,15). The second-order valence-corrected chi connectivity index (χ2v) is 5.38. The van der Waals surface area contributed by atoms with Gasteiger partial charge in [-0.15, -0.1) is 0 Å². The number of hydrogen-bond donors (Lipinski definition) is 1. The second kappa shape index (κ2) is 5.10. The van der Waals surface area contributed by atoms with Crippen LogP contribution in [-0.4, -0.2) is 15.9 Å². The molecule has 98 valence electrons. The molecule has 0 saturated heterocycles. The van der Waals surface area contributed by atoms with Gasteiger partial charge < -0.3 is 5.32 Å². The highest BCUT2D eigenvalue weighted by Crippen LogP contribution is 2.35. The van der Waals surface area contributed by atoms with Crippen molar-refractivity contribution in [2.75, 3.05) is 5.32 Å². The Hall–Kier alpha value is -1.36. The normalized spacial score (nSPS) is 27.2. The van der Waals surface area contributed by atoms with Crippen LogP contribution in [0.25, 0.3) is 0 Å². The SMILES string of the molecule is CC1CCC(Nc2ncc(Cl)cc2[N+](=O)[O-])C1C. The van der Waals surface area contributed by atoms with E-state index in [4.69, 9.17) is 11.6 Å². The van der Waals surface area contributed by atoms with Crippen molar-refractivity contribution in [3.63, 3.8) is 0 Å². The van der Waals surface area contributed by atoms with Gasteiger partial charge in [-0.1, -0.05) is 25.4 Å². The molecule has 1 aliphatic rings. The molecular formula is C12H16ClN3O2. The Morgan fingerprint density at radius 1 is 1.50 bits per heavy atom. The number of hydrogen-bond acceptors (Lipinski definition) is 4. The van der Waals surface area contributed by atoms with Crippen molar-refractivity contribution in [3.8, 4) is 0 Å². The summed E-state index contributed by atoms with van der Waals surface area (Å²) >= 11 is 5.73. The number of nitro groups is 1. The minimum absolute atomic E-state index is 0.0609. The average molecular weight is 270 g/mol. The molecule has 1 saturated carbocycles. The first kappa shape index (κ1) is 13.1. The summed E-state index contributed by atoms with van der Waals surface area (Å²) in [6.07, 6.45) is 3.59. The third-order valence-electron chi connectivity index (χ3n) is 3.82. The fraction of sp³-hybridized carbons (Fsp3) is 0.583. The molecule has 1 heterocycles. The van der Waals surface area contributed by atoms with Crippen LogP contribution < -0.4 is 5.32 Å². The molecule has 2 rings (SSSR count). The highest BCUT2D eigenvalue weighted by molar-refractivity contribution is 6.30. The molecule has 0 bridgehead atoms. The zero-order valence-electron chi connectivity index (χ0n) is 10.4. The van der Waals surface area contributed by atoms with Crippen molar-refractivity contribution < 1.29 is 4.92 Å². The van der Waals surface area contributed by atoms with E-state index in [9.17, 15) is 10.1 Å².